The molecule has 2 aliphatic heterocycles. The van der Waals surface area contributed by atoms with Crippen molar-refractivity contribution in [2.24, 2.45) is 10.3 Å². The van der Waals surface area contributed by atoms with Crippen LogP contribution in [-0.4, -0.2) is 41.4 Å². The summed E-state index contributed by atoms with van der Waals surface area (Å²) in [5.74, 6) is -1.96. The van der Waals surface area contributed by atoms with Crippen LogP contribution in [-0.2, 0) is 14.4 Å². The van der Waals surface area contributed by atoms with Crippen molar-refractivity contribution in [3.63, 3.8) is 0 Å². The highest BCUT2D eigenvalue weighted by Gasteiger charge is 2.55. The van der Waals surface area contributed by atoms with E-state index < -0.39 is 35.6 Å². The van der Waals surface area contributed by atoms with E-state index in [0.717, 1.165) is 15.7 Å². The molecule has 5 rings (SSSR count). The van der Waals surface area contributed by atoms with E-state index in [-0.39, 0.29) is 12.2 Å². The van der Waals surface area contributed by atoms with Crippen LogP contribution in [0.15, 0.2) is 77.1 Å². The zero-order chi connectivity index (χ0) is 21.5. The fourth-order valence-electron chi connectivity index (χ4n) is 3.91. The van der Waals surface area contributed by atoms with Gasteiger partial charge in [-0.2, -0.15) is 5.11 Å². The van der Waals surface area contributed by atoms with Crippen molar-refractivity contribution in [3.8, 4) is 0 Å². The van der Waals surface area contributed by atoms with Gasteiger partial charge in [0.2, 0.25) is 5.91 Å². The fraction of sp³-hybridized carbons (Fsp3) is 0.136. The Bertz CT molecular complexity index is 1260. The lowest BCUT2D eigenvalue weighted by atomic mass is 10.1. The van der Waals surface area contributed by atoms with Crippen molar-refractivity contribution in [2.75, 3.05) is 16.8 Å². The van der Waals surface area contributed by atoms with Crippen LogP contribution >= 0.6 is 0 Å². The van der Waals surface area contributed by atoms with Crippen LogP contribution in [0.3, 0.4) is 0 Å². The first-order valence-corrected chi connectivity index (χ1v) is 9.61. The van der Waals surface area contributed by atoms with Crippen molar-refractivity contribution in [3.05, 3.63) is 72.5 Å². The highest BCUT2D eigenvalue weighted by atomic mass is 19.1. The molecular formula is C22H16FN5O3. The van der Waals surface area contributed by atoms with E-state index in [4.69, 9.17) is 0 Å². The highest BCUT2D eigenvalue weighted by Crippen LogP contribution is 2.35. The molecule has 2 heterocycles. The van der Waals surface area contributed by atoms with E-state index in [1.165, 1.54) is 23.2 Å². The molecule has 3 amide bonds. The molecule has 1 N–H and O–H groups in total. The average Bonchev–Trinajstić information content (AvgIpc) is 3.27. The van der Waals surface area contributed by atoms with Gasteiger partial charge in [-0.15, -0.1) is 0 Å². The average molecular weight is 417 g/mol. The minimum absolute atomic E-state index is 0.281. The number of fused-ring (bicyclic) bond motifs is 2. The second-order valence-corrected chi connectivity index (χ2v) is 7.26. The number of imide groups is 1. The maximum atomic E-state index is 13.3. The molecule has 0 bridgehead atoms. The lowest BCUT2D eigenvalue weighted by molar-refractivity contribution is -0.123. The second kappa shape index (κ2) is 7.28. The maximum Gasteiger partial charge on any atom is 0.263 e. The van der Waals surface area contributed by atoms with Crippen molar-refractivity contribution in [2.45, 2.75) is 12.1 Å². The van der Waals surface area contributed by atoms with Gasteiger partial charge in [0.1, 0.15) is 12.4 Å². The minimum Gasteiger partial charge on any atom is -0.324 e. The topological polar surface area (TPSA) is 94.4 Å². The zero-order valence-electron chi connectivity index (χ0n) is 16.1. The summed E-state index contributed by atoms with van der Waals surface area (Å²) < 4.78 is 13.3. The van der Waals surface area contributed by atoms with Gasteiger partial charge in [0.05, 0.1) is 5.69 Å². The maximum absolute atomic E-state index is 13.3. The molecule has 0 saturated carbocycles. The first-order chi connectivity index (χ1) is 15.0. The summed E-state index contributed by atoms with van der Waals surface area (Å²) in [7, 11) is 0. The molecule has 2 aliphatic rings. The van der Waals surface area contributed by atoms with Crippen LogP contribution in [0.25, 0.3) is 10.8 Å². The van der Waals surface area contributed by atoms with Gasteiger partial charge in [0, 0.05) is 11.1 Å². The first-order valence-electron chi connectivity index (χ1n) is 9.61. The van der Waals surface area contributed by atoms with Gasteiger partial charge in [-0.05, 0) is 29.7 Å². The van der Waals surface area contributed by atoms with Crippen LogP contribution in [0.5, 0.6) is 0 Å². The number of nitrogens with one attached hydrogen (secondary N) is 1. The van der Waals surface area contributed by atoms with E-state index in [0.29, 0.717) is 5.69 Å². The molecule has 2 atom stereocenters. The summed E-state index contributed by atoms with van der Waals surface area (Å²) in [4.78, 5) is 39.7. The third-order valence-corrected chi connectivity index (χ3v) is 5.28. The largest absolute Gasteiger partial charge is 0.324 e. The lowest BCUT2D eigenvalue weighted by Crippen LogP contribution is -2.43. The predicted octanol–water partition coefficient (Wildman–Crippen LogP) is 2.91. The van der Waals surface area contributed by atoms with Gasteiger partial charge >= 0.3 is 0 Å². The van der Waals surface area contributed by atoms with Crippen molar-refractivity contribution >= 4 is 39.9 Å². The third-order valence-electron chi connectivity index (χ3n) is 5.28. The van der Waals surface area contributed by atoms with E-state index in [1.54, 1.807) is 18.2 Å². The Kier molecular flexibility index (Phi) is 4.43. The molecule has 0 aliphatic carbocycles. The molecule has 0 radical (unpaired) electrons. The number of carbonyl (C=O) groups excluding carboxylic acids is 3. The molecule has 1 saturated heterocycles. The van der Waals surface area contributed by atoms with Crippen LogP contribution < -0.4 is 10.2 Å². The smallest absolute Gasteiger partial charge is 0.263 e. The summed E-state index contributed by atoms with van der Waals surface area (Å²) in [5, 5.41) is 13.2. The molecule has 0 unspecified atom stereocenters. The van der Waals surface area contributed by atoms with Crippen LogP contribution in [0.4, 0.5) is 15.8 Å². The number of benzene rings is 3. The Morgan fingerprint density at radius 2 is 1.77 bits per heavy atom. The van der Waals surface area contributed by atoms with Gasteiger partial charge in [-0.1, -0.05) is 47.7 Å². The quantitative estimate of drug-likeness (QED) is 0.661. The number of halogens is 1. The van der Waals surface area contributed by atoms with Crippen LogP contribution in [0.2, 0.25) is 0 Å². The molecule has 0 aromatic heterocycles. The monoisotopic (exact) mass is 417 g/mol. The lowest BCUT2D eigenvalue weighted by Gasteiger charge is -2.21. The second-order valence-electron chi connectivity index (χ2n) is 7.26. The summed E-state index contributed by atoms with van der Waals surface area (Å²) in [6, 6.07) is 16.3. The van der Waals surface area contributed by atoms with Gasteiger partial charge < -0.3 is 5.32 Å². The van der Waals surface area contributed by atoms with E-state index in [9.17, 15) is 18.8 Å². The molecular weight excluding hydrogens is 401 g/mol. The van der Waals surface area contributed by atoms with Crippen molar-refractivity contribution in [1.82, 2.24) is 5.01 Å². The summed E-state index contributed by atoms with van der Waals surface area (Å²) in [5.41, 5.74) is 0.755. The van der Waals surface area contributed by atoms with Crippen molar-refractivity contribution < 1.29 is 18.8 Å². The molecule has 8 nitrogen and oxygen atoms in total. The number of hydrogen-bond donors (Lipinski definition) is 1. The minimum atomic E-state index is -1.01. The SMILES string of the molecule is O=C(CN1N=N[C@H]2C(=O)N(c3cccc4ccccc34)C(=O)[C@@H]21)Nc1cccc(F)c1. The Morgan fingerprint density at radius 3 is 2.61 bits per heavy atom. The van der Waals surface area contributed by atoms with Gasteiger partial charge in [-0.3, -0.25) is 19.4 Å². The molecule has 1 fully saturated rings. The zero-order valence-corrected chi connectivity index (χ0v) is 16.1. The van der Waals surface area contributed by atoms with Gasteiger partial charge in [0.25, 0.3) is 11.8 Å². The molecule has 0 spiro atoms. The Labute approximate surface area is 175 Å². The normalized spacial score (nSPS) is 19.9. The molecule has 3 aromatic rings. The summed E-state index contributed by atoms with van der Waals surface area (Å²) in [6.45, 7) is -0.302. The number of hydrogen-bond acceptors (Lipinski definition) is 6. The first kappa shape index (κ1) is 18.9. The van der Waals surface area contributed by atoms with Crippen LogP contribution in [0, 0.1) is 5.82 Å². The number of nitrogens with zero attached hydrogens (tertiary/aromatic N) is 4. The number of carbonyl (C=O) groups is 3. The molecule has 31 heavy (non-hydrogen) atoms. The van der Waals surface area contributed by atoms with Gasteiger partial charge in [0.15, 0.2) is 12.1 Å². The van der Waals surface area contributed by atoms with Crippen molar-refractivity contribution in [1.29, 1.82) is 0 Å². The Hall–Kier alpha value is -4.14. The van der Waals surface area contributed by atoms with E-state index in [2.05, 4.69) is 15.7 Å². The number of amides is 3. The summed E-state index contributed by atoms with van der Waals surface area (Å²) >= 11 is 0. The standard InChI is InChI=1S/C22H16FN5O3/c23-14-7-4-8-15(11-14)24-18(29)12-27-20-19(25-26-27)21(30)28(22(20)31)17-10-3-6-13-5-1-2-9-16(13)17/h1-11,19-20H,12H2,(H,24,29)/t19-,20-/m1/s1. The molecule has 154 valence electrons. The third kappa shape index (κ3) is 3.20. The van der Waals surface area contributed by atoms with E-state index >= 15 is 0 Å². The Balaban J connectivity index is 1.38. The van der Waals surface area contributed by atoms with Gasteiger partial charge in [-0.25, -0.2) is 9.29 Å². The Morgan fingerprint density at radius 1 is 1.00 bits per heavy atom. The predicted molar refractivity (Wildman–Crippen MR) is 111 cm³/mol. The van der Waals surface area contributed by atoms with E-state index in [1.807, 2.05) is 30.3 Å². The number of rotatable bonds is 4. The number of anilines is 2. The molecule has 9 heteroatoms. The molecule has 3 aromatic carbocycles. The summed E-state index contributed by atoms with van der Waals surface area (Å²) in [6.07, 6.45) is 0. The highest BCUT2D eigenvalue weighted by molar-refractivity contribution is 6.27. The fourth-order valence-corrected chi connectivity index (χ4v) is 3.91. The van der Waals surface area contributed by atoms with Crippen LogP contribution in [0.1, 0.15) is 0 Å².